The number of carbonyl (C=O) groups excluding carboxylic acids is 1. The molecular formula is C16H11F5O4. The van der Waals surface area contributed by atoms with E-state index in [0.29, 0.717) is 0 Å². The quantitative estimate of drug-likeness (QED) is 0.384. The molecule has 4 nitrogen and oxygen atoms in total. The highest BCUT2D eigenvalue weighted by atomic mass is 19.2. The highest BCUT2D eigenvalue weighted by Gasteiger charge is 2.33. The highest BCUT2D eigenvalue weighted by Crippen LogP contribution is 2.31. The number of halogens is 5. The molecule has 0 saturated heterocycles. The number of benzene rings is 2. The molecule has 25 heavy (non-hydrogen) atoms. The van der Waals surface area contributed by atoms with E-state index in [0.717, 1.165) is 12.1 Å². The fourth-order valence-electron chi connectivity index (χ4n) is 2.10. The minimum atomic E-state index is -2.62. The third-order valence-electron chi connectivity index (χ3n) is 3.40. The first kappa shape index (κ1) is 18.7. The van der Waals surface area contributed by atoms with Gasteiger partial charge in [0.15, 0.2) is 29.1 Å². The van der Waals surface area contributed by atoms with Crippen molar-refractivity contribution in [3.05, 3.63) is 58.4 Å². The van der Waals surface area contributed by atoms with Gasteiger partial charge in [-0.3, -0.25) is 4.79 Å². The van der Waals surface area contributed by atoms with E-state index in [4.69, 9.17) is 9.47 Å². The van der Waals surface area contributed by atoms with Crippen LogP contribution in [-0.4, -0.2) is 25.1 Å². The van der Waals surface area contributed by atoms with Crippen molar-refractivity contribution < 1.29 is 41.3 Å². The van der Waals surface area contributed by atoms with E-state index < -0.39 is 46.5 Å². The number of ether oxygens (including phenoxy) is 2. The van der Waals surface area contributed by atoms with Gasteiger partial charge in [0.1, 0.15) is 17.6 Å². The van der Waals surface area contributed by atoms with Crippen molar-refractivity contribution in [1.82, 2.24) is 0 Å². The Balaban J connectivity index is 2.55. The van der Waals surface area contributed by atoms with Crippen molar-refractivity contribution in [3.8, 4) is 11.5 Å². The molecule has 0 aliphatic heterocycles. The zero-order valence-corrected chi connectivity index (χ0v) is 12.9. The van der Waals surface area contributed by atoms with Crippen molar-refractivity contribution in [1.29, 1.82) is 0 Å². The SMILES string of the molecule is COc1cc(OC)cc(C(=O)[C@H](O)c2c(F)c(F)c(F)c(F)c2F)c1. The summed E-state index contributed by atoms with van der Waals surface area (Å²) < 4.78 is 76.8. The summed E-state index contributed by atoms with van der Waals surface area (Å²) in [5.74, 6) is -12.5. The van der Waals surface area contributed by atoms with Gasteiger partial charge in [0.2, 0.25) is 5.82 Å². The minimum Gasteiger partial charge on any atom is -0.497 e. The first-order valence-electron chi connectivity index (χ1n) is 6.69. The van der Waals surface area contributed by atoms with Gasteiger partial charge in [-0.2, -0.15) is 0 Å². The Morgan fingerprint density at radius 2 is 1.24 bits per heavy atom. The molecule has 0 heterocycles. The third kappa shape index (κ3) is 3.27. The minimum absolute atomic E-state index is 0.118. The molecule has 0 amide bonds. The molecule has 2 rings (SSSR count). The fourth-order valence-corrected chi connectivity index (χ4v) is 2.10. The summed E-state index contributed by atoms with van der Waals surface area (Å²) in [7, 11) is 2.53. The molecule has 0 radical (unpaired) electrons. The average molecular weight is 362 g/mol. The Hall–Kier alpha value is -2.68. The largest absolute Gasteiger partial charge is 0.497 e. The van der Waals surface area contributed by atoms with E-state index in [1.165, 1.54) is 20.3 Å². The standard InChI is InChI=1S/C16H11F5O4/c1-24-7-3-6(4-8(5-7)25-2)15(22)16(23)9-10(17)12(19)14(21)13(20)11(9)18/h3-5,16,23H,1-2H3/t16-/m1/s1. The molecule has 1 N–H and O–H groups in total. The van der Waals surface area contributed by atoms with Crippen molar-refractivity contribution >= 4 is 5.78 Å². The summed E-state index contributed by atoms with van der Waals surface area (Å²) in [5, 5.41) is 9.90. The van der Waals surface area contributed by atoms with Crippen LogP contribution in [-0.2, 0) is 0 Å². The molecule has 134 valence electrons. The zero-order valence-electron chi connectivity index (χ0n) is 12.9. The van der Waals surface area contributed by atoms with Crippen LogP contribution in [0.3, 0.4) is 0 Å². The summed E-state index contributed by atoms with van der Waals surface area (Å²) in [6.45, 7) is 0. The number of hydrogen-bond donors (Lipinski definition) is 1. The summed E-state index contributed by atoms with van der Waals surface area (Å²) in [6.07, 6.45) is -2.62. The van der Waals surface area contributed by atoms with Gasteiger partial charge in [0, 0.05) is 11.6 Å². The van der Waals surface area contributed by atoms with Gasteiger partial charge in [-0.25, -0.2) is 22.0 Å². The normalized spacial score (nSPS) is 12.0. The van der Waals surface area contributed by atoms with E-state index in [-0.39, 0.29) is 17.1 Å². The Kier molecular flexibility index (Phi) is 5.27. The number of rotatable bonds is 5. The lowest BCUT2D eigenvalue weighted by molar-refractivity contribution is 0.0727. The van der Waals surface area contributed by atoms with Gasteiger partial charge in [-0.05, 0) is 12.1 Å². The molecule has 0 unspecified atom stereocenters. The maximum absolute atomic E-state index is 13.7. The molecule has 2 aromatic carbocycles. The lowest BCUT2D eigenvalue weighted by Crippen LogP contribution is -2.18. The van der Waals surface area contributed by atoms with Gasteiger partial charge in [0.05, 0.1) is 19.8 Å². The molecule has 1 atom stereocenters. The number of aliphatic hydroxyl groups excluding tert-OH is 1. The Morgan fingerprint density at radius 3 is 1.64 bits per heavy atom. The van der Waals surface area contributed by atoms with Gasteiger partial charge < -0.3 is 14.6 Å². The van der Waals surface area contributed by atoms with Crippen LogP contribution < -0.4 is 9.47 Å². The van der Waals surface area contributed by atoms with E-state index in [1.54, 1.807) is 0 Å². The topological polar surface area (TPSA) is 55.8 Å². The molecule has 0 aromatic heterocycles. The molecule has 2 aromatic rings. The molecule has 0 fully saturated rings. The Bertz CT molecular complexity index is 787. The second-order valence-electron chi connectivity index (χ2n) is 4.85. The van der Waals surface area contributed by atoms with E-state index in [1.807, 2.05) is 0 Å². The van der Waals surface area contributed by atoms with Crippen LogP contribution in [0, 0.1) is 29.1 Å². The number of aliphatic hydroxyl groups is 1. The fraction of sp³-hybridized carbons (Fsp3) is 0.188. The number of Topliss-reactive ketones (excluding diaryl/α,β-unsaturated/α-hetero) is 1. The molecule has 0 aliphatic rings. The summed E-state index contributed by atoms with van der Waals surface area (Å²) >= 11 is 0. The van der Waals surface area contributed by atoms with Crippen LogP contribution in [0.4, 0.5) is 22.0 Å². The Labute approximate surface area is 138 Å². The zero-order chi connectivity index (χ0) is 18.9. The maximum atomic E-state index is 13.7. The predicted molar refractivity (Wildman–Crippen MR) is 75.1 cm³/mol. The predicted octanol–water partition coefficient (Wildman–Crippen LogP) is 3.32. The van der Waals surface area contributed by atoms with Crippen LogP contribution >= 0.6 is 0 Å². The molecule has 0 bridgehead atoms. The first-order chi connectivity index (χ1) is 11.7. The number of hydrogen-bond acceptors (Lipinski definition) is 4. The second kappa shape index (κ2) is 7.06. The third-order valence-corrected chi connectivity index (χ3v) is 3.40. The molecule has 0 saturated carbocycles. The van der Waals surface area contributed by atoms with Gasteiger partial charge in [-0.1, -0.05) is 0 Å². The van der Waals surface area contributed by atoms with Crippen LogP contribution in [0.1, 0.15) is 22.0 Å². The summed E-state index contributed by atoms with van der Waals surface area (Å²) in [5.41, 5.74) is -1.95. The summed E-state index contributed by atoms with van der Waals surface area (Å²) in [6, 6.07) is 3.60. The first-order valence-corrected chi connectivity index (χ1v) is 6.69. The smallest absolute Gasteiger partial charge is 0.200 e. The van der Waals surface area contributed by atoms with Crippen molar-refractivity contribution in [2.75, 3.05) is 14.2 Å². The van der Waals surface area contributed by atoms with Crippen molar-refractivity contribution in [2.45, 2.75) is 6.10 Å². The Morgan fingerprint density at radius 1 is 0.840 bits per heavy atom. The summed E-state index contributed by atoms with van der Waals surface area (Å²) in [4.78, 5) is 12.3. The van der Waals surface area contributed by atoms with E-state index in [9.17, 15) is 31.9 Å². The van der Waals surface area contributed by atoms with Gasteiger partial charge in [-0.15, -0.1) is 0 Å². The number of ketones is 1. The van der Waals surface area contributed by atoms with Crippen LogP contribution in [0.15, 0.2) is 18.2 Å². The van der Waals surface area contributed by atoms with Crippen molar-refractivity contribution in [2.24, 2.45) is 0 Å². The van der Waals surface area contributed by atoms with Gasteiger partial charge >= 0.3 is 0 Å². The second-order valence-corrected chi connectivity index (χ2v) is 4.85. The number of carbonyl (C=O) groups is 1. The van der Waals surface area contributed by atoms with Crippen LogP contribution in [0.25, 0.3) is 0 Å². The van der Waals surface area contributed by atoms with Crippen LogP contribution in [0.5, 0.6) is 11.5 Å². The highest BCUT2D eigenvalue weighted by molar-refractivity contribution is 6.00. The average Bonchev–Trinajstić information content (AvgIpc) is 2.63. The van der Waals surface area contributed by atoms with E-state index in [2.05, 4.69) is 0 Å². The molecular weight excluding hydrogens is 351 g/mol. The number of methoxy groups -OCH3 is 2. The van der Waals surface area contributed by atoms with Crippen LogP contribution in [0.2, 0.25) is 0 Å². The molecule has 0 spiro atoms. The molecule has 9 heteroatoms. The monoisotopic (exact) mass is 362 g/mol. The molecule has 0 aliphatic carbocycles. The maximum Gasteiger partial charge on any atom is 0.200 e. The van der Waals surface area contributed by atoms with E-state index >= 15 is 0 Å². The lowest BCUT2D eigenvalue weighted by Gasteiger charge is -2.15. The van der Waals surface area contributed by atoms with Crippen molar-refractivity contribution in [3.63, 3.8) is 0 Å². The van der Waals surface area contributed by atoms with Gasteiger partial charge in [0.25, 0.3) is 0 Å². The lowest BCUT2D eigenvalue weighted by atomic mass is 9.98.